The molecule has 0 spiro atoms. The minimum Gasteiger partial charge on any atom is -0.488 e. The predicted molar refractivity (Wildman–Crippen MR) is 74.7 cm³/mol. The Morgan fingerprint density at radius 3 is 2.84 bits per heavy atom. The molecule has 0 atom stereocenters. The molecular formula is C13H9BrClNO3. The van der Waals surface area contributed by atoms with E-state index in [-0.39, 0.29) is 17.9 Å². The number of aromatic nitrogens is 1. The molecule has 19 heavy (non-hydrogen) atoms. The van der Waals surface area contributed by atoms with Crippen molar-refractivity contribution in [2.24, 2.45) is 0 Å². The molecule has 0 aliphatic heterocycles. The summed E-state index contributed by atoms with van der Waals surface area (Å²) < 4.78 is 6.33. The Morgan fingerprint density at radius 1 is 1.37 bits per heavy atom. The van der Waals surface area contributed by atoms with Gasteiger partial charge in [-0.25, -0.2) is 4.79 Å². The zero-order valence-electron chi connectivity index (χ0n) is 9.64. The number of carboxylic acid groups (broad SMARTS) is 1. The molecule has 2 rings (SSSR count). The average molecular weight is 343 g/mol. The third-order valence-corrected chi connectivity index (χ3v) is 3.00. The number of carboxylic acids is 1. The molecule has 0 saturated carbocycles. The summed E-state index contributed by atoms with van der Waals surface area (Å²) in [6.45, 7) is 0.231. The largest absolute Gasteiger partial charge is 0.488 e. The Morgan fingerprint density at radius 2 is 2.16 bits per heavy atom. The van der Waals surface area contributed by atoms with Gasteiger partial charge in [-0.3, -0.25) is 4.98 Å². The van der Waals surface area contributed by atoms with Crippen molar-refractivity contribution in [3.8, 4) is 5.75 Å². The summed E-state index contributed by atoms with van der Waals surface area (Å²) in [5.41, 5.74) is 0.871. The van der Waals surface area contributed by atoms with Crippen LogP contribution in [-0.2, 0) is 6.61 Å². The molecule has 1 heterocycles. The monoisotopic (exact) mass is 341 g/mol. The number of halogens is 2. The van der Waals surface area contributed by atoms with Crippen molar-refractivity contribution in [2.45, 2.75) is 6.61 Å². The fourth-order valence-corrected chi connectivity index (χ4v) is 2.08. The van der Waals surface area contributed by atoms with Gasteiger partial charge in [0.1, 0.15) is 17.9 Å². The molecule has 4 nitrogen and oxygen atoms in total. The van der Waals surface area contributed by atoms with Gasteiger partial charge in [-0.15, -0.1) is 0 Å². The van der Waals surface area contributed by atoms with Gasteiger partial charge in [0.15, 0.2) is 0 Å². The highest BCUT2D eigenvalue weighted by Crippen LogP contribution is 2.24. The number of benzene rings is 1. The molecule has 0 fully saturated rings. The van der Waals surface area contributed by atoms with Crippen LogP contribution in [0.15, 0.2) is 41.1 Å². The zero-order valence-corrected chi connectivity index (χ0v) is 12.0. The van der Waals surface area contributed by atoms with E-state index >= 15 is 0 Å². The van der Waals surface area contributed by atoms with E-state index in [0.717, 1.165) is 10.0 Å². The van der Waals surface area contributed by atoms with Crippen molar-refractivity contribution in [3.05, 3.63) is 57.3 Å². The standard InChI is InChI=1S/C13H9BrClNO3/c14-9-3-8(5-16-6-9)7-19-12-2-1-10(15)4-11(12)13(17)18/h1-6H,7H2,(H,17,18). The maximum absolute atomic E-state index is 11.1. The third-order valence-electron chi connectivity index (χ3n) is 2.33. The first-order valence-corrected chi connectivity index (χ1v) is 6.48. The zero-order chi connectivity index (χ0) is 13.8. The van der Waals surface area contributed by atoms with Gasteiger partial charge in [0.25, 0.3) is 0 Å². The highest BCUT2D eigenvalue weighted by Gasteiger charge is 2.12. The number of hydrogen-bond acceptors (Lipinski definition) is 3. The van der Waals surface area contributed by atoms with Gasteiger partial charge in [-0.2, -0.15) is 0 Å². The van der Waals surface area contributed by atoms with Crippen molar-refractivity contribution >= 4 is 33.5 Å². The maximum atomic E-state index is 11.1. The van der Waals surface area contributed by atoms with Crippen molar-refractivity contribution in [3.63, 3.8) is 0 Å². The molecule has 1 aromatic heterocycles. The second kappa shape index (κ2) is 6.04. The number of ether oxygens (including phenoxy) is 1. The van der Waals surface area contributed by atoms with Crippen molar-refractivity contribution in [2.75, 3.05) is 0 Å². The van der Waals surface area contributed by atoms with Gasteiger partial charge in [-0.1, -0.05) is 11.6 Å². The first-order valence-electron chi connectivity index (χ1n) is 5.31. The Labute approximate surface area is 123 Å². The second-order valence-corrected chi connectivity index (χ2v) is 5.10. The molecule has 1 aromatic carbocycles. The smallest absolute Gasteiger partial charge is 0.339 e. The van der Waals surface area contributed by atoms with Crippen LogP contribution in [0.4, 0.5) is 0 Å². The first kappa shape index (κ1) is 13.8. The number of aromatic carboxylic acids is 1. The van der Waals surface area contributed by atoms with E-state index in [0.29, 0.717) is 5.02 Å². The number of rotatable bonds is 4. The average Bonchev–Trinajstić information content (AvgIpc) is 2.37. The van der Waals surface area contributed by atoms with Gasteiger partial charge in [0, 0.05) is 27.5 Å². The molecule has 1 N–H and O–H groups in total. The molecule has 0 saturated heterocycles. The van der Waals surface area contributed by atoms with E-state index < -0.39 is 5.97 Å². The van der Waals surface area contributed by atoms with E-state index in [1.807, 2.05) is 6.07 Å². The van der Waals surface area contributed by atoms with Crippen LogP contribution in [0.3, 0.4) is 0 Å². The van der Waals surface area contributed by atoms with E-state index in [1.54, 1.807) is 18.5 Å². The molecule has 0 radical (unpaired) electrons. The molecule has 6 heteroatoms. The number of pyridine rings is 1. The maximum Gasteiger partial charge on any atom is 0.339 e. The van der Waals surface area contributed by atoms with Crippen molar-refractivity contribution < 1.29 is 14.6 Å². The fourth-order valence-electron chi connectivity index (χ4n) is 1.49. The Kier molecular flexibility index (Phi) is 4.39. The van der Waals surface area contributed by atoms with Crippen molar-refractivity contribution in [1.82, 2.24) is 4.98 Å². The van der Waals surface area contributed by atoms with Gasteiger partial charge in [0.2, 0.25) is 0 Å². The summed E-state index contributed by atoms with van der Waals surface area (Å²) in [5, 5.41) is 9.43. The summed E-state index contributed by atoms with van der Waals surface area (Å²) in [4.78, 5) is 15.1. The van der Waals surface area contributed by atoms with Gasteiger partial charge >= 0.3 is 5.97 Å². The summed E-state index contributed by atoms with van der Waals surface area (Å²) >= 11 is 9.07. The topological polar surface area (TPSA) is 59.4 Å². The molecule has 0 bridgehead atoms. The fraction of sp³-hybridized carbons (Fsp3) is 0.0769. The Hall–Kier alpha value is -1.59. The molecule has 0 aliphatic rings. The van der Waals surface area contributed by atoms with E-state index in [1.165, 1.54) is 12.1 Å². The first-order chi connectivity index (χ1) is 9.06. The quantitative estimate of drug-likeness (QED) is 0.918. The lowest BCUT2D eigenvalue weighted by Crippen LogP contribution is -2.03. The molecule has 0 aliphatic carbocycles. The van der Waals surface area contributed by atoms with Gasteiger partial charge in [0.05, 0.1) is 0 Å². The van der Waals surface area contributed by atoms with Crippen molar-refractivity contribution in [1.29, 1.82) is 0 Å². The summed E-state index contributed by atoms with van der Waals surface area (Å²) in [5.74, 6) is -0.804. The molecule has 0 amide bonds. The van der Waals surface area contributed by atoms with Crippen LogP contribution >= 0.6 is 27.5 Å². The summed E-state index contributed by atoms with van der Waals surface area (Å²) in [6.07, 6.45) is 3.32. The summed E-state index contributed by atoms with van der Waals surface area (Å²) in [7, 11) is 0. The lowest BCUT2D eigenvalue weighted by Gasteiger charge is -2.09. The van der Waals surface area contributed by atoms with Crippen LogP contribution in [0, 0.1) is 0 Å². The van der Waals surface area contributed by atoms with Crippen LogP contribution < -0.4 is 4.74 Å². The Balaban J connectivity index is 2.17. The number of carbonyl (C=O) groups is 1. The Bertz CT molecular complexity index is 619. The van der Waals surface area contributed by atoms with Crippen LogP contribution in [0.1, 0.15) is 15.9 Å². The third kappa shape index (κ3) is 3.68. The van der Waals surface area contributed by atoms with Crippen LogP contribution in [0.2, 0.25) is 5.02 Å². The van der Waals surface area contributed by atoms with E-state index in [4.69, 9.17) is 21.4 Å². The molecular weight excluding hydrogens is 334 g/mol. The minimum absolute atomic E-state index is 0.0375. The molecule has 0 unspecified atom stereocenters. The van der Waals surface area contributed by atoms with Gasteiger partial charge in [-0.05, 0) is 40.2 Å². The number of nitrogens with zero attached hydrogens (tertiary/aromatic N) is 1. The molecule has 98 valence electrons. The van der Waals surface area contributed by atoms with Gasteiger partial charge < -0.3 is 9.84 Å². The SMILES string of the molecule is O=C(O)c1cc(Cl)ccc1OCc1cncc(Br)c1. The van der Waals surface area contributed by atoms with E-state index in [2.05, 4.69) is 20.9 Å². The molecule has 2 aromatic rings. The normalized spacial score (nSPS) is 10.2. The van der Waals surface area contributed by atoms with E-state index in [9.17, 15) is 4.79 Å². The van der Waals surface area contributed by atoms with Crippen LogP contribution in [0.5, 0.6) is 5.75 Å². The summed E-state index contributed by atoms with van der Waals surface area (Å²) in [6, 6.07) is 6.33. The minimum atomic E-state index is -1.08. The highest BCUT2D eigenvalue weighted by atomic mass is 79.9. The van der Waals surface area contributed by atoms with Crippen LogP contribution in [0.25, 0.3) is 0 Å². The predicted octanol–water partition coefficient (Wildman–Crippen LogP) is 3.77. The van der Waals surface area contributed by atoms with Crippen LogP contribution in [-0.4, -0.2) is 16.1 Å². The highest BCUT2D eigenvalue weighted by molar-refractivity contribution is 9.10. The lowest BCUT2D eigenvalue weighted by atomic mass is 10.2. The lowest BCUT2D eigenvalue weighted by molar-refractivity contribution is 0.0691. The number of hydrogen-bond donors (Lipinski definition) is 1. The second-order valence-electron chi connectivity index (χ2n) is 3.75.